The van der Waals surface area contributed by atoms with Gasteiger partial charge in [-0.25, -0.2) is 0 Å². The molecule has 1 unspecified atom stereocenters. The quantitative estimate of drug-likeness (QED) is 0.262. The zero-order chi connectivity index (χ0) is 13.8. The van der Waals surface area contributed by atoms with Crippen LogP contribution < -0.4 is 0 Å². The third-order valence-electron chi connectivity index (χ3n) is 1.95. The molecule has 0 N–H and O–H groups in total. The predicted molar refractivity (Wildman–Crippen MR) is 61.9 cm³/mol. The summed E-state index contributed by atoms with van der Waals surface area (Å²) < 4.78 is 45.0. The molecule has 0 aliphatic heterocycles. The van der Waals surface area contributed by atoms with Crippen molar-refractivity contribution in [3.63, 3.8) is 0 Å². The van der Waals surface area contributed by atoms with Crippen molar-refractivity contribution >= 4 is 0 Å². The van der Waals surface area contributed by atoms with Gasteiger partial charge in [-0.2, -0.15) is 8.78 Å². The largest absolute Gasteiger partial charge is 0.463 e. The molecule has 0 heterocycles. The van der Waals surface area contributed by atoms with Crippen LogP contribution in [0.4, 0.5) is 8.78 Å². The summed E-state index contributed by atoms with van der Waals surface area (Å²) in [5, 5.41) is 0. The number of terminal acetylenes is 1. The van der Waals surface area contributed by atoms with Gasteiger partial charge in [-0.05, 0) is 6.42 Å². The van der Waals surface area contributed by atoms with Crippen LogP contribution in [0.2, 0.25) is 0 Å². The lowest BCUT2D eigenvalue weighted by Gasteiger charge is -2.18. The fourth-order valence-corrected chi connectivity index (χ4v) is 1.10. The molecule has 0 spiro atoms. The van der Waals surface area contributed by atoms with Gasteiger partial charge in [0.1, 0.15) is 12.7 Å². The molecule has 0 aromatic carbocycles. The first kappa shape index (κ1) is 16.8. The molecular weight excluding hydrogens is 246 g/mol. The van der Waals surface area contributed by atoms with Gasteiger partial charge in [-0.3, -0.25) is 0 Å². The first-order valence-corrected chi connectivity index (χ1v) is 5.47. The first-order chi connectivity index (χ1) is 8.67. The first-order valence-electron chi connectivity index (χ1n) is 5.47. The van der Waals surface area contributed by atoms with E-state index in [1.165, 1.54) is 7.11 Å². The summed E-state index contributed by atoms with van der Waals surface area (Å²) >= 11 is 0. The van der Waals surface area contributed by atoms with Crippen molar-refractivity contribution in [2.24, 2.45) is 0 Å². The third kappa shape index (κ3) is 7.22. The zero-order valence-corrected chi connectivity index (χ0v) is 10.6. The monoisotopic (exact) mass is 264 g/mol. The minimum Gasteiger partial charge on any atom is -0.463 e. The molecule has 4 nitrogen and oxygen atoms in total. The maximum atomic E-state index is 12.7. The van der Waals surface area contributed by atoms with Crippen LogP contribution in [-0.4, -0.2) is 39.8 Å². The lowest BCUT2D eigenvalue weighted by molar-refractivity contribution is -0.0665. The van der Waals surface area contributed by atoms with Gasteiger partial charge < -0.3 is 18.9 Å². The molecule has 0 aromatic heterocycles. The van der Waals surface area contributed by atoms with Crippen LogP contribution in [0.15, 0.2) is 11.8 Å². The Kier molecular flexibility index (Phi) is 10.3. The van der Waals surface area contributed by atoms with Gasteiger partial charge in [0.25, 0.3) is 0 Å². The van der Waals surface area contributed by atoms with Crippen LogP contribution in [0.3, 0.4) is 0 Å². The van der Waals surface area contributed by atoms with Crippen molar-refractivity contribution in [3.8, 4) is 12.3 Å². The maximum absolute atomic E-state index is 12.7. The van der Waals surface area contributed by atoms with Crippen LogP contribution >= 0.6 is 0 Å². The van der Waals surface area contributed by atoms with Crippen LogP contribution in [0, 0.1) is 12.3 Å². The Morgan fingerprint density at radius 2 is 2.06 bits per heavy atom. The standard InChI is InChI=1S/C12H18F2O4/c1-4-6-17-10(5-2)11(12(13)14)18-9-16-8-7-15-3/h1,10H,5-9H2,2-3H3. The van der Waals surface area contributed by atoms with Gasteiger partial charge in [-0.1, -0.05) is 12.8 Å². The number of ether oxygens (including phenoxy) is 4. The maximum Gasteiger partial charge on any atom is 0.310 e. The van der Waals surface area contributed by atoms with Crippen LogP contribution in [-0.2, 0) is 18.9 Å². The second-order valence-electron chi connectivity index (χ2n) is 3.20. The van der Waals surface area contributed by atoms with E-state index in [2.05, 4.69) is 5.92 Å². The van der Waals surface area contributed by atoms with Crippen LogP contribution in [0.25, 0.3) is 0 Å². The Balaban J connectivity index is 4.21. The van der Waals surface area contributed by atoms with Crippen molar-refractivity contribution in [2.75, 3.05) is 33.7 Å². The summed E-state index contributed by atoms with van der Waals surface area (Å²) in [5.74, 6) is 1.68. The highest BCUT2D eigenvalue weighted by Crippen LogP contribution is 2.19. The van der Waals surface area contributed by atoms with Gasteiger partial charge in [0.05, 0.1) is 13.2 Å². The van der Waals surface area contributed by atoms with Gasteiger partial charge in [0, 0.05) is 7.11 Å². The summed E-state index contributed by atoms with van der Waals surface area (Å²) in [6.45, 7) is 1.99. The molecule has 6 heteroatoms. The SMILES string of the molecule is C#CCOC(CC)C(OCOCCOC)=C(F)F. The summed E-state index contributed by atoms with van der Waals surface area (Å²) in [4.78, 5) is 0. The number of hydrogen-bond donors (Lipinski definition) is 0. The molecule has 0 aliphatic rings. The minimum atomic E-state index is -1.94. The van der Waals surface area contributed by atoms with Crippen molar-refractivity contribution in [3.05, 3.63) is 11.8 Å². The number of methoxy groups -OCH3 is 1. The van der Waals surface area contributed by atoms with Crippen molar-refractivity contribution in [2.45, 2.75) is 19.4 Å². The topological polar surface area (TPSA) is 36.9 Å². The van der Waals surface area contributed by atoms with E-state index in [9.17, 15) is 8.78 Å². The van der Waals surface area contributed by atoms with E-state index >= 15 is 0 Å². The molecule has 18 heavy (non-hydrogen) atoms. The lowest BCUT2D eigenvalue weighted by Crippen LogP contribution is -2.19. The molecule has 0 rings (SSSR count). The fourth-order valence-electron chi connectivity index (χ4n) is 1.10. The number of hydrogen-bond acceptors (Lipinski definition) is 4. The highest BCUT2D eigenvalue weighted by atomic mass is 19.3. The average Bonchev–Trinajstić information content (AvgIpc) is 2.36. The predicted octanol–water partition coefficient (Wildman–Crippen LogP) is 2.16. The minimum absolute atomic E-state index is 0.0524. The number of halogens is 2. The smallest absolute Gasteiger partial charge is 0.310 e. The molecule has 1 atom stereocenters. The zero-order valence-electron chi connectivity index (χ0n) is 10.6. The molecule has 0 bridgehead atoms. The van der Waals surface area contributed by atoms with Crippen molar-refractivity contribution < 1.29 is 27.7 Å². The summed E-state index contributed by atoms with van der Waals surface area (Å²) in [5.41, 5.74) is 0. The lowest BCUT2D eigenvalue weighted by atomic mass is 10.2. The Hall–Kier alpha value is -1.16. The molecule has 0 fully saturated rings. The summed E-state index contributed by atoms with van der Waals surface area (Å²) in [6, 6.07) is 0. The second kappa shape index (κ2) is 11.0. The highest BCUT2D eigenvalue weighted by molar-refractivity contribution is 5.01. The van der Waals surface area contributed by atoms with Crippen LogP contribution in [0.1, 0.15) is 13.3 Å². The number of rotatable bonds is 10. The van der Waals surface area contributed by atoms with E-state index in [0.29, 0.717) is 13.0 Å². The van der Waals surface area contributed by atoms with Gasteiger partial charge in [0.15, 0.2) is 12.6 Å². The Morgan fingerprint density at radius 1 is 1.33 bits per heavy atom. The van der Waals surface area contributed by atoms with E-state index in [1.807, 2.05) is 0 Å². The molecule has 0 aliphatic carbocycles. The van der Waals surface area contributed by atoms with E-state index in [4.69, 9.17) is 25.4 Å². The molecule has 0 saturated heterocycles. The molecular formula is C12H18F2O4. The molecule has 0 amide bonds. The summed E-state index contributed by atoms with van der Waals surface area (Å²) in [7, 11) is 1.51. The van der Waals surface area contributed by atoms with Gasteiger partial charge in [-0.15, -0.1) is 6.42 Å². The third-order valence-corrected chi connectivity index (χ3v) is 1.95. The molecule has 0 radical (unpaired) electrons. The van der Waals surface area contributed by atoms with E-state index < -0.39 is 17.9 Å². The van der Waals surface area contributed by atoms with E-state index in [0.717, 1.165) is 0 Å². The fraction of sp³-hybridized carbons (Fsp3) is 0.667. The Bertz CT molecular complexity index is 282. The van der Waals surface area contributed by atoms with Gasteiger partial charge >= 0.3 is 6.08 Å². The van der Waals surface area contributed by atoms with Crippen molar-refractivity contribution in [1.82, 2.24) is 0 Å². The molecule has 0 saturated carbocycles. The van der Waals surface area contributed by atoms with E-state index in [-0.39, 0.29) is 20.0 Å². The second-order valence-corrected chi connectivity index (χ2v) is 3.20. The molecule has 104 valence electrons. The Labute approximate surface area is 106 Å². The van der Waals surface area contributed by atoms with Crippen LogP contribution in [0.5, 0.6) is 0 Å². The Morgan fingerprint density at radius 3 is 2.56 bits per heavy atom. The van der Waals surface area contributed by atoms with Crippen molar-refractivity contribution in [1.29, 1.82) is 0 Å². The van der Waals surface area contributed by atoms with Gasteiger partial charge in [0.2, 0.25) is 0 Å². The van der Waals surface area contributed by atoms with E-state index in [1.54, 1.807) is 6.92 Å². The molecule has 0 aromatic rings. The normalized spacial score (nSPS) is 11.7. The average molecular weight is 264 g/mol. The summed E-state index contributed by atoms with van der Waals surface area (Å²) in [6.07, 6.45) is 2.53. The highest BCUT2D eigenvalue weighted by Gasteiger charge is 2.20.